The molecule has 7 heteroatoms. The van der Waals surface area contributed by atoms with Crippen molar-refractivity contribution in [3.05, 3.63) is 64.0 Å². The first kappa shape index (κ1) is 19.1. The molecule has 0 unspecified atom stereocenters. The minimum atomic E-state index is -0.286. The first-order valence-electron chi connectivity index (χ1n) is 8.30. The second-order valence-electron chi connectivity index (χ2n) is 6.02. The van der Waals surface area contributed by atoms with E-state index >= 15 is 0 Å². The van der Waals surface area contributed by atoms with Gasteiger partial charge in [0.25, 0.3) is 5.91 Å². The summed E-state index contributed by atoms with van der Waals surface area (Å²) in [5.74, 6) is -0.378. The smallest absolute Gasteiger partial charge is 0.251 e. The van der Waals surface area contributed by atoms with Crippen LogP contribution in [0.25, 0.3) is 11.3 Å². The summed E-state index contributed by atoms with van der Waals surface area (Å²) in [5.41, 5.74) is 3.13. The Bertz CT molecular complexity index is 983. The van der Waals surface area contributed by atoms with Gasteiger partial charge in [-0.3, -0.25) is 9.59 Å². The van der Waals surface area contributed by atoms with Crippen LogP contribution in [-0.2, 0) is 4.79 Å². The average Bonchev–Trinajstić information content (AvgIpc) is 3.00. The predicted molar refractivity (Wildman–Crippen MR) is 110 cm³/mol. The maximum atomic E-state index is 12.1. The summed E-state index contributed by atoms with van der Waals surface area (Å²) in [6, 6.07) is 14.6. The molecule has 0 saturated carbocycles. The molecule has 1 heterocycles. The summed E-state index contributed by atoms with van der Waals surface area (Å²) < 4.78 is 0. The van der Waals surface area contributed by atoms with E-state index in [1.807, 2.05) is 37.3 Å². The number of halogens is 1. The molecular weight excluding hydrogens is 382 g/mol. The summed E-state index contributed by atoms with van der Waals surface area (Å²) in [6.07, 6.45) is 0. The molecule has 1 amide bonds. The monoisotopic (exact) mass is 399 g/mol. The lowest BCUT2D eigenvalue weighted by Crippen LogP contribution is -2.28. The molecule has 0 spiro atoms. The molecule has 0 atom stereocenters. The molecule has 138 valence electrons. The van der Waals surface area contributed by atoms with Gasteiger partial charge in [0.05, 0.1) is 12.2 Å². The number of carbonyl (C=O) groups is 2. The third kappa shape index (κ3) is 4.93. The van der Waals surface area contributed by atoms with Gasteiger partial charge in [0, 0.05) is 26.7 Å². The zero-order chi connectivity index (χ0) is 19.4. The van der Waals surface area contributed by atoms with Gasteiger partial charge in [0.2, 0.25) is 0 Å². The maximum Gasteiger partial charge on any atom is 0.251 e. The third-order valence-electron chi connectivity index (χ3n) is 3.79. The minimum absolute atomic E-state index is 0.0205. The largest absolute Gasteiger partial charge is 0.345 e. The van der Waals surface area contributed by atoms with Crippen LogP contribution >= 0.6 is 22.9 Å². The van der Waals surface area contributed by atoms with Crippen LogP contribution in [0.4, 0.5) is 10.8 Å². The Balaban J connectivity index is 1.77. The fourth-order valence-electron chi connectivity index (χ4n) is 2.49. The highest BCUT2D eigenvalue weighted by Gasteiger charge is 2.11. The maximum absolute atomic E-state index is 12.1. The number of nitrogens with one attached hydrogen (secondary N) is 2. The Morgan fingerprint density at radius 3 is 2.59 bits per heavy atom. The number of thiazole rings is 1. The second-order valence-corrected chi connectivity index (χ2v) is 7.66. The van der Waals surface area contributed by atoms with Crippen molar-refractivity contribution < 1.29 is 9.59 Å². The van der Waals surface area contributed by atoms with E-state index in [9.17, 15) is 9.59 Å². The molecule has 27 heavy (non-hydrogen) atoms. The van der Waals surface area contributed by atoms with Gasteiger partial charge in [-0.05, 0) is 44.2 Å². The highest BCUT2D eigenvalue weighted by molar-refractivity contribution is 7.16. The number of aromatic nitrogens is 1. The molecule has 3 rings (SSSR count). The van der Waals surface area contributed by atoms with Crippen molar-refractivity contribution in [3.63, 3.8) is 0 Å². The van der Waals surface area contributed by atoms with Crippen molar-refractivity contribution in [3.8, 4) is 11.3 Å². The van der Waals surface area contributed by atoms with Gasteiger partial charge in [-0.25, -0.2) is 4.98 Å². The summed E-state index contributed by atoms with van der Waals surface area (Å²) in [5, 5.41) is 7.25. The average molecular weight is 400 g/mol. The lowest BCUT2D eigenvalue weighted by Gasteiger charge is -2.06. The van der Waals surface area contributed by atoms with Crippen molar-refractivity contribution in [1.82, 2.24) is 10.3 Å². The number of ketones is 1. The number of benzene rings is 2. The number of carbonyl (C=O) groups excluding carboxylic acids is 2. The van der Waals surface area contributed by atoms with Crippen LogP contribution in [0.15, 0.2) is 48.5 Å². The number of nitrogens with zero attached hydrogens (tertiary/aromatic N) is 1. The second kappa shape index (κ2) is 8.33. The first-order chi connectivity index (χ1) is 12.9. The van der Waals surface area contributed by atoms with Crippen molar-refractivity contribution in [2.75, 3.05) is 11.9 Å². The van der Waals surface area contributed by atoms with Gasteiger partial charge >= 0.3 is 0 Å². The van der Waals surface area contributed by atoms with Crippen LogP contribution < -0.4 is 10.6 Å². The van der Waals surface area contributed by atoms with Gasteiger partial charge in [0.15, 0.2) is 5.13 Å². The zero-order valence-electron chi connectivity index (χ0n) is 14.9. The van der Waals surface area contributed by atoms with E-state index in [2.05, 4.69) is 15.6 Å². The number of aryl methyl sites for hydroxylation is 1. The number of anilines is 2. The third-order valence-corrected chi connectivity index (χ3v) is 4.93. The molecule has 0 aliphatic carbocycles. The van der Waals surface area contributed by atoms with Crippen LogP contribution in [0.3, 0.4) is 0 Å². The number of hydrogen-bond acceptors (Lipinski definition) is 5. The van der Waals surface area contributed by atoms with Gasteiger partial charge in [-0.2, -0.15) is 0 Å². The summed E-state index contributed by atoms with van der Waals surface area (Å²) in [6.45, 7) is 3.46. The molecule has 2 N–H and O–H groups in total. The lowest BCUT2D eigenvalue weighted by atomic mass is 10.1. The Hall–Kier alpha value is -2.70. The molecule has 0 bridgehead atoms. The van der Waals surface area contributed by atoms with E-state index in [0.29, 0.717) is 10.6 Å². The molecule has 3 aromatic rings. The predicted octanol–water partition coefficient (Wildman–Crippen LogP) is 4.83. The van der Waals surface area contributed by atoms with E-state index in [-0.39, 0.29) is 18.2 Å². The van der Waals surface area contributed by atoms with Gasteiger partial charge in [-0.15, -0.1) is 11.3 Å². The molecule has 0 saturated heterocycles. The molecule has 2 aromatic carbocycles. The first-order valence-corrected chi connectivity index (χ1v) is 9.50. The summed E-state index contributed by atoms with van der Waals surface area (Å²) >= 11 is 7.49. The topological polar surface area (TPSA) is 71.1 Å². The Kier molecular flexibility index (Phi) is 5.88. The highest BCUT2D eigenvalue weighted by Crippen LogP contribution is 2.32. The van der Waals surface area contributed by atoms with Crippen LogP contribution in [0.1, 0.15) is 22.2 Å². The van der Waals surface area contributed by atoms with Crippen LogP contribution in [0, 0.1) is 6.92 Å². The lowest BCUT2D eigenvalue weighted by molar-refractivity contribution is -0.116. The van der Waals surface area contributed by atoms with Gasteiger partial charge in [0.1, 0.15) is 5.78 Å². The molecule has 0 fully saturated rings. The van der Waals surface area contributed by atoms with E-state index in [1.54, 1.807) is 18.2 Å². The molecule has 0 radical (unpaired) electrons. The van der Waals surface area contributed by atoms with Gasteiger partial charge < -0.3 is 10.6 Å². The molecule has 0 aliphatic rings. The Morgan fingerprint density at radius 1 is 1.15 bits per heavy atom. The number of Topliss-reactive ketones (excluding diaryl/α,β-unsaturated/α-hetero) is 1. The minimum Gasteiger partial charge on any atom is -0.345 e. The zero-order valence-corrected chi connectivity index (χ0v) is 16.4. The number of amides is 1. The fourth-order valence-corrected chi connectivity index (χ4v) is 3.48. The van der Waals surface area contributed by atoms with E-state index in [4.69, 9.17) is 11.6 Å². The molecule has 5 nitrogen and oxygen atoms in total. The Labute approximate surface area is 166 Å². The fraction of sp³-hybridized carbons (Fsp3) is 0.150. The summed E-state index contributed by atoms with van der Waals surface area (Å²) in [7, 11) is 0. The van der Waals surface area contributed by atoms with Crippen molar-refractivity contribution >= 4 is 45.4 Å². The quantitative estimate of drug-likeness (QED) is 0.622. The van der Waals surface area contributed by atoms with E-state index in [0.717, 1.165) is 27.0 Å². The molecule has 0 aliphatic heterocycles. The van der Waals surface area contributed by atoms with Crippen LogP contribution in [0.5, 0.6) is 0 Å². The normalized spacial score (nSPS) is 10.5. The van der Waals surface area contributed by atoms with Crippen molar-refractivity contribution in [2.24, 2.45) is 0 Å². The van der Waals surface area contributed by atoms with Gasteiger partial charge in [-0.1, -0.05) is 29.8 Å². The van der Waals surface area contributed by atoms with Crippen molar-refractivity contribution in [2.45, 2.75) is 13.8 Å². The van der Waals surface area contributed by atoms with Crippen molar-refractivity contribution in [1.29, 1.82) is 0 Å². The van der Waals surface area contributed by atoms with Crippen LogP contribution in [-0.4, -0.2) is 23.2 Å². The van der Waals surface area contributed by atoms with E-state index < -0.39 is 0 Å². The molecular formula is C20H18ClN3O2S. The molecule has 1 aromatic heterocycles. The van der Waals surface area contributed by atoms with Crippen LogP contribution in [0.2, 0.25) is 5.02 Å². The standard InChI is InChI=1S/C20H18ClN3O2S/c1-12(25)11-22-19(26)15-4-3-5-17(10-15)23-20-24-18(13(2)27-20)14-6-8-16(21)9-7-14/h3-10H,11H2,1-2H3,(H,22,26)(H,23,24). The highest BCUT2D eigenvalue weighted by atomic mass is 35.5. The number of rotatable bonds is 6. The SMILES string of the molecule is CC(=O)CNC(=O)c1cccc(Nc2nc(-c3ccc(Cl)cc3)c(C)s2)c1. The summed E-state index contributed by atoms with van der Waals surface area (Å²) in [4.78, 5) is 28.9. The van der Waals surface area contributed by atoms with E-state index in [1.165, 1.54) is 18.3 Å². The Morgan fingerprint density at radius 2 is 1.89 bits per heavy atom. The number of hydrogen-bond donors (Lipinski definition) is 2.